The molecule has 20 heavy (non-hydrogen) atoms. The molecule has 0 fully saturated rings. The molecule has 110 valence electrons. The van der Waals surface area contributed by atoms with Crippen LogP contribution in [0.15, 0.2) is 30.3 Å². The molecule has 0 atom stereocenters. The van der Waals surface area contributed by atoms with Gasteiger partial charge in [0.15, 0.2) is 0 Å². The van der Waals surface area contributed by atoms with E-state index in [9.17, 15) is 9.59 Å². The Morgan fingerprint density at radius 1 is 1.10 bits per heavy atom. The maximum absolute atomic E-state index is 12.2. The summed E-state index contributed by atoms with van der Waals surface area (Å²) in [7, 11) is 0. The summed E-state index contributed by atoms with van der Waals surface area (Å²) >= 11 is 0. The van der Waals surface area contributed by atoms with E-state index in [2.05, 4.69) is 0 Å². The Labute approximate surface area is 120 Å². The SMILES string of the molecule is CCCN(CCC(=O)OCC)C(=O)Cc1ccccc1. The van der Waals surface area contributed by atoms with Gasteiger partial charge in [0.1, 0.15) is 0 Å². The van der Waals surface area contributed by atoms with E-state index in [0.717, 1.165) is 12.0 Å². The Morgan fingerprint density at radius 2 is 1.80 bits per heavy atom. The van der Waals surface area contributed by atoms with Crippen LogP contribution in [0, 0.1) is 0 Å². The zero-order chi connectivity index (χ0) is 14.8. The minimum atomic E-state index is -0.249. The van der Waals surface area contributed by atoms with Crippen molar-refractivity contribution in [1.82, 2.24) is 4.90 Å². The Bertz CT molecular complexity index is 417. The molecule has 0 aromatic heterocycles. The zero-order valence-corrected chi connectivity index (χ0v) is 12.3. The highest BCUT2D eigenvalue weighted by atomic mass is 16.5. The number of benzene rings is 1. The first-order valence-electron chi connectivity index (χ1n) is 7.14. The monoisotopic (exact) mass is 277 g/mol. The Kier molecular flexibility index (Phi) is 7.40. The first-order valence-corrected chi connectivity index (χ1v) is 7.14. The van der Waals surface area contributed by atoms with Crippen LogP contribution in [0.3, 0.4) is 0 Å². The molecule has 4 nitrogen and oxygen atoms in total. The summed E-state index contributed by atoms with van der Waals surface area (Å²) < 4.78 is 4.89. The second-order valence-electron chi connectivity index (χ2n) is 4.60. The number of esters is 1. The van der Waals surface area contributed by atoms with Gasteiger partial charge in [-0.25, -0.2) is 0 Å². The maximum Gasteiger partial charge on any atom is 0.307 e. The predicted octanol–water partition coefficient (Wildman–Crippen LogP) is 2.42. The maximum atomic E-state index is 12.2. The predicted molar refractivity (Wildman–Crippen MR) is 78.3 cm³/mol. The fraction of sp³-hybridized carbons (Fsp3) is 0.500. The molecule has 0 spiro atoms. The molecular formula is C16H23NO3. The largest absolute Gasteiger partial charge is 0.466 e. The molecule has 0 unspecified atom stereocenters. The number of nitrogens with zero attached hydrogens (tertiary/aromatic N) is 1. The van der Waals surface area contributed by atoms with Gasteiger partial charge in [-0.3, -0.25) is 9.59 Å². The Hall–Kier alpha value is -1.84. The number of ether oxygens (including phenoxy) is 1. The van der Waals surface area contributed by atoms with Crippen LogP contribution in [0.2, 0.25) is 0 Å². The van der Waals surface area contributed by atoms with Crippen molar-refractivity contribution in [2.45, 2.75) is 33.1 Å². The van der Waals surface area contributed by atoms with Crippen LogP contribution in [0.1, 0.15) is 32.3 Å². The first kappa shape index (κ1) is 16.2. The number of rotatable bonds is 8. The van der Waals surface area contributed by atoms with E-state index >= 15 is 0 Å². The third kappa shape index (κ3) is 5.87. The number of hydrogen-bond donors (Lipinski definition) is 0. The minimum Gasteiger partial charge on any atom is -0.466 e. The lowest BCUT2D eigenvalue weighted by Gasteiger charge is -2.21. The summed E-state index contributed by atoms with van der Waals surface area (Å²) in [6.45, 7) is 5.28. The van der Waals surface area contributed by atoms with Crippen LogP contribution in [-0.2, 0) is 20.7 Å². The summed E-state index contributed by atoms with van der Waals surface area (Å²) in [5, 5.41) is 0. The van der Waals surface area contributed by atoms with Gasteiger partial charge in [-0.05, 0) is 18.9 Å². The molecule has 0 aliphatic carbocycles. The van der Waals surface area contributed by atoms with Gasteiger partial charge in [0.25, 0.3) is 0 Å². The minimum absolute atomic E-state index is 0.0577. The molecule has 0 aliphatic heterocycles. The summed E-state index contributed by atoms with van der Waals surface area (Å²) in [6, 6.07) is 9.65. The topological polar surface area (TPSA) is 46.6 Å². The van der Waals surface area contributed by atoms with Crippen LogP contribution >= 0.6 is 0 Å². The van der Waals surface area contributed by atoms with E-state index in [-0.39, 0.29) is 18.3 Å². The Balaban J connectivity index is 2.51. The molecule has 1 aromatic rings. The van der Waals surface area contributed by atoms with Crippen molar-refractivity contribution in [3.63, 3.8) is 0 Å². The molecule has 1 aromatic carbocycles. The van der Waals surface area contributed by atoms with Crippen molar-refractivity contribution in [1.29, 1.82) is 0 Å². The second kappa shape index (κ2) is 9.13. The molecule has 0 bridgehead atoms. The number of hydrogen-bond acceptors (Lipinski definition) is 3. The number of carbonyl (C=O) groups excluding carboxylic acids is 2. The van der Waals surface area contributed by atoms with Crippen molar-refractivity contribution < 1.29 is 14.3 Å². The van der Waals surface area contributed by atoms with Crippen LogP contribution in [0.25, 0.3) is 0 Å². The molecule has 1 amide bonds. The van der Waals surface area contributed by atoms with E-state index in [1.165, 1.54) is 0 Å². The average molecular weight is 277 g/mol. The van der Waals surface area contributed by atoms with Gasteiger partial charge in [0.2, 0.25) is 5.91 Å². The standard InChI is InChI=1S/C16H23NO3/c1-3-11-17(12-10-16(19)20-4-2)15(18)13-14-8-6-5-7-9-14/h5-9H,3-4,10-13H2,1-2H3. The van der Waals surface area contributed by atoms with Gasteiger partial charge < -0.3 is 9.64 Å². The van der Waals surface area contributed by atoms with Gasteiger partial charge in [0.05, 0.1) is 19.4 Å². The zero-order valence-electron chi connectivity index (χ0n) is 12.3. The van der Waals surface area contributed by atoms with Crippen LogP contribution < -0.4 is 0 Å². The van der Waals surface area contributed by atoms with E-state index in [4.69, 9.17) is 4.74 Å². The molecule has 0 saturated carbocycles. The van der Waals surface area contributed by atoms with E-state index in [1.54, 1.807) is 11.8 Å². The number of amides is 1. The fourth-order valence-electron chi connectivity index (χ4n) is 1.97. The quantitative estimate of drug-likeness (QED) is 0.686. The van der Waals surface area contributed by atoms with Crippen molar-refractivity contribution in [2.75, 3.05) is 19.7 Å². The van der Waals surface area contributed by atoms with Crippen LogP contribution in [-0.4, -0.2) is 36.5 Å². The van der Waals surface area contributed by atoms with Gasteiger partial charge in [-0.2, -0.15) is 0 Å². The van der Waals surface area contributed by atoms with Gasteiger partial charge >= 0.3 is 5.97 Å². The van der Waals surface area contributed by atoms with E-state index in [1.807, 2.05) is 37.3 Å². The summed E-state index contributed by atoms with van der Waals surface area (Å²) in [4.78, 5) is 25.4. The summed E-state index contributed by atoms with van der Waals surface area (Å²) in [5.74, 6) is -0.191. The molecule has 0 heterocycles. The lowest BCUT2D eigenvalue weighted by molar-refractivity contribution is -0.144. The van der Waals surface area contributed by atoms with Crippen LogP contribution in [0.5, 0.6) is 0 Å². The van der Waals surface area contributed by atoms with Crippen molar-refractivity contribution >= 4 is 11.9 Å². The molecule has 0 N–H and O–H groups in total. The lowest BCUT2D eigenvalue weighted by atomic mass is 10.1. The van der Waals surface area contributed by atoms with Crippen molar-refractivity contribution in [3.05, 3.63) is 35.9 Å². The highest BCUT2D eigenvalue weighted by molar-refractivity contribution is 5.79. The molecule has 0 saturated heterocycles. The second-order valence-corrected chi connectivity index (χ2v) is 4.60. The van der Waals surface area contributed by atoms with Crippen molar-refractivity contribution in [2.24, 2.45) is 0 Å². The third-order valence-corrected chi connectivity index (χ3v) is 2.94. The molecule has 1 rings (SSSR count). The van der Waals surface area contributed by atoms with Crippen molar-refractivity contribution in [3.8, 4) is 0 Å². The third-order valence-electron chi connectivity index (χ3n) is 2.94. The highest BCUT2D eigenvalue weighted by Gasteiger charge is 2.15. The fourth-order valence-corrected chi connectivity index (χ4v) is 1.97. The molecule has 4 heteroatoms. The normalized spacial score (nSPS) is 10.1. The Morgan fingerprint density at radius 3 is 2.40 bits per heavy atom. The highest BCUT2D eigenvalue weighted by Crippen LogP contribution is 2.05. The van der Waals surface area contributed by atoms with Gasteiger partial charge in [-0.15, -0.1) is 0 Å². The summed E-state index contributed by atoms with van der Waals surface area (Å²) in [5.41, 5.74) is 0.995. The first-order chi connectivity index (χ1) is 9.67. The molecule has 0 aliphatic rings. The molecular weight excluding hydrogens is 254 g/mol. The smallest absolute Gasteiger partial charge is 0.307 e. The van der Waals surface area contributed by atoms with Gasteiger partial charge in [-0.1, -0.05) is 37.3 Å². The van der Waals surface area contributed by atoms with Crippen LogP contribution in [0.4, 0.5) is 0 Å². The average Bonchev–Trinajstić information content (AvgIpc) is 2.44. The lowest BCUT2D eigenvalue weighted by Crippen LogP contribution is -2.35. The summed E-state index contributed by atoms with van der Waals surface area (Å²) in [6.07, 6.45) is 1.52. The van der Waals surface area contributed by atoms with Gasteiger partial charge in [0, 0.05) is 13.1 Å². The number of carbonyl (C=O) groups is 2. The van der Waals surface area contributed by atoms with E-state index in [0.29, 0.717) is 26.1 Å². The molecule has 0 radical (unpaired) electrons. The van der Waals surface area contributed by atoms with E-state index < -0.39 is 0 Å².